The van der Waals surface area contributed by atoms with Gasteiger partial charge in [0, 0.05) is 0 Å². The number of benzene rings is 1. The third-order valence-electron chi connectivity index (χ3n) is 2.27. The van der Waals surface area contributed by atoms with E-state index in [-0.39, 0.29) is 0 Å². The van der Waals surface area contributed by atoms with Crippen LogP contribution in [0.3, 0.4) is 0 Å². The van der Waals surface area contributed by atoms with Crippen molar-refractivity contribution in [2.45, 2.75) is 26.3 Å². The molecular weight excluding hydrogens is 190 g/mol. The second kappa shape index (κ2) is 3.81. The van der Waals surface area contributed by atoms with Crippen LogP contribution < -0.4 is 16.8 Å². The summed E-state index contributed by atoms with van der Waals surface area (Å²) in [6, 6.07) is 5.62. The summed E-state index contributed by atoms with van der Waals surface area (Å²) in [5.74, 6) is -0.414. The molecule has 0 aliphatic heterocycles. The number of primary amides is 1. The first-order valence-electron chi connectivity index (χ1n) is 4.77. The van der Waals surface area contributed by atoms with Crippen LogP contribution in [-0.4, -0.2) is 11.4 Å². The van der Waals surface area contributed by atoms with Gasteiger partial charge in [-0.05, 0) is 38.5 Å². The van der Waals surface area contributed by atoms with Gasteiger partial charge in [-0.15, -0.1) is 0 Å². The molecule has 0 heterocycles. The lowest BCUT2D eigenvalue weighted by Gasteiger charge is -2.24. The molecule has 1 rings (SSSR count). The lowest BCUT2D eigenvalue weighted by Crippen LogP contribution is -2.45. The van der Waals surface area contributed by atoms with Crippen LogP contribution in [0.1, 0.15) is 19.4 Å². The summed E-state index contributed by atoms with van der Waals surface area (Å²) in [6.07, 6.45) is 0. The minimum Gasteiger partial charge on any atom is -0.397 e. The van der Waals surface area contributed by atoms with Crippen molar-refractivity contribution >= 4 is 17.3 Å². The lowest BCUT2D eigenvalue weighted by molar-refractivity contribution is -0.121. The molecule has 0 saturated carbocycles. The summed E-state index contributed by atoms with van der Waals surface area (Å²) in [5.41, 5.74) is 12.7. The first kappa shape index (κ1) is 11.4. The van der Waals surface area contributed by atoms with Crippen molar-refractivity contribution in [3.8, 4) is 0 Å². The van der Waals surface area contributed by atoms with Crippen LogP contribution in [0.4, 0.5) is 11.4 Å². The Morgan fingerprint density at radius 2 is 2.00 bits per heavy atom. The van der Waals surface area contributed by atoms with Gasteiger partial charge in [0.15, 0.2) is 0 Å². The maximum absolute atomic E-state index is 11.1. The number of anilines is 2. The van der Waals surface area contributed by atoms with E-state index in [9.17, 15) is 4.79 Å². The SMILES string of the molecule is Cc1ccc(NC(C)(C)C(N)=O)c(N)c1. The molecular formula is C11H17N3O. The van der Waals surface area contributed by atoms with Gasteiger partial charge in [-0.2, -0.15) is 0 Å². The minimum absolute atomic E-state index is 0.414. The summed E-state index contributed by atoms with van der Waals surface area (Å²) in [5, 5.41) is 3.01. The highest BCUT2D eigenvalue weighted by Crippen LogP contribution is 2.23. The monoisotopic (exact) mass is 207 g/mol. The van der Waals surface area contributed by atoms with Gasteiger partial charge in [0.1, 0.15) is 5.54 Å². The molecule has 0 radical (unpaired) electrons. The van der Waals surface area contributed by atoms with Crippen molar-refractivity contribution < 1.29 is 4.79 Å². The molecule has 1 amide bonds. The van der Waals surface area contributed by atoms with Crippen molar-refractivity contribution in [2.75, 3.05) is 11.1 Å². The zero-order valence-electron chi connectivity index (χ0n) is 9.29. The van der Waals surface area contributed by atoms with Crippen molar-refractivity contribution in [2.24, 2.45) is 5.73 Å². The number of amides is 1. The molecule has 4 nitrogen and oxygen atoms in total. The number of nitrogen functional groups attached to an aromatic ring is 1. The number of carbonyl (C=O) groups excluding carboxylic acids is 1. The van der Waals surface area contributed by atoms with E-state index >= 15 is 0 Å². The summed E-state index contributed by atoms with van der Waals surface area (Å²) in [4.78, 5) is 11.1. The van der Waals surface area contributed by atoms with E-state index in [1.807, 2.05) is 25.1 Å². The molecule has 82 valence electrons. The van der Waals surface area contributed by atoms with Gasteiger partial charge in [0.25, 0.3) is 0 Å². The Bertz CT molecular complexity index is 385. The number of hydrogen-bond donors (Lipinski definition) is 3. The number of aryl methyl sites for hydroxylation is 1. The molecule has 0 aliphatic carbocycles. The normalized spacial score (nSPS) is 11.1. The van der Waals surface area contributed by atoms with Gasteiger partial charge < -0.3 is 16.8 Å². The van der Waals surface area contributed by atoms with Crippen molar-refractivity contribution in [3.05, 3.63) is 23.8 Å². The zero-order valence-corrected chi connectivity index (χ0v) is 9.29. The molecule has 0 atom stereocenters. The Kier molecular flexibility index (Phi) is 2.88. The van der Waals surface area contributed by atoms with Gasteiger partial charge in [-0.25, -0.2) is 0 Å². The third-order valence-corrected chi connectivity index (χ3v) is 2.27. The van der Waals surface area contributed by atoms with Crippen molar-refractivity contribution in [1.82, 2.24) is 0 Å². The number of nitrogens with two attached hydrogens (primary N) is 2. The molecule has 0 aromatic heterocycles. The molecule has 0 bridgehead atoms. The lowest BCUT2D eigenvalue weighted by atomic mass is 10.0. The molecule has 0 unspecified atom stereocenters. The summed E-state index contributed by atoms with van der Waals surface area (Å²) < 4.78 is 0. The number of nitrogens with one attached hydrogen (secondary N) is 1. The fourth-order valence-electron chi connectivity index (χ4n) is 1.19. The Hall–Kier alpha value is -1.71. The molecule has 15 heavy (non-hydrogen) atoms. The molecule has 5 N–H and O–H groups in total. The van der Waals surface area contributed by atoms with Crippen LogP contribution >= 0.6 is 0 Å². The molecule has 1 aromatic carbocycles. The van der Waals surface area contributed by atoms with E-state index in [0.29, 0.717) is 5.69 Å². The van der Waals surface area contributed by atoms with Crippen molar-refractivity contribution in [3.63, 3.8) is 0 Å². The van der Waals surface area contributed by atoms with Crippen LogP contribution in [0.15, 0.2) is 18.2 Å². The smallest absolute Gasteiger partial charge is 0.242 e. The molecule has 1 aromatic rings. The molecule has 0 fully saturated rings. The quantitative estimate of drug-likeness (QED) is 0.652. The predicted molar refractivity (Wildman–Crippen MR) is 62.5 cm³/mol. The van der Waals surface area contributed by atoms with Crippen LogP contribution in [0.25, 0.3) is 0 Å². The van der Waals surface area contributed by atoms with E-state index in [0.717, 1.165) is 11.3 Å². The fraction of sp³-hybridized carbons (Fsp3) is 0.364. The maximum atomic E-state index is 11.1. The Labute approximate surface area is 89.6 Å². The number of carbonyl (C=O) groups is 1. The van der Waals surface area contributed by atoms with Gasteiger partial charge in [-0.1, -0.05) is 6.07 Å². The summed E-state index contributed by atoms with van der Waals surface area (Å²) >= 11 is 0. The first-order chi connectivity index (χ1) is 6.83. The second-order valence-corrected chi connectivity index (χ2v) is 4.20. The van der Waals surface area contributed by atoms with E-state index in [4.69, 9.17) is 11.5 Å². The van der Waals surface area contributed by atoms with Crippen molar-refractivity contribution in [1.29, 1.82) is 0 Å². The summed E-state index contributed by atoms with van der Waals surface area (Å²) in [7, 11) is 0. The third kappa shape index (κ3) is 2.62. The molecule has 0 aliphatic rings. The topological polar surface area (TPSA) is 81.1 Å². The van der Waals surface area contributed by atoms with Crippen LogP contribution in [0.5, 0.6) is 0 Å². The van der Waals surface area contributed by atoms with Crippen LogP contribution in [0, 0.1) is 6.92 Å². The van der Waals surface area contributed by atoms with E-state index in [1.54, 1.807) is 13.8 Å². The predicted octanol–water partition coefficient (Wildman–Crippen LogP) is 1.25. The largest absolute Gasteiger partial charge is 0.397 e. The van der Waals surface area contributed by atoms with Crippen LogP contribution in [0.2, 0.25) is 0 Å². The van der Waals surface area contributed by atoms with Gasteiger partial charge >= 0.3 is 0 Å². The standard InChI is InChI=1S/C11H17N3O/c1-7-4-5-9(8(12)6-7)14-11(2,3)10(13)15/h4-6,14H,12H2,1-3H3,(H2,13,15). The van der Waals surface area contributed by atoms with E-state index in [2.05, 4.69) is 5.32 Å². The fourth-order valence-corrected chi connectivity index (χ4v) is 1.19. The second-order valence-electron chi connectivity index (χ2n) is 4.20. The highest BCUT2D eigenvalue weighted by molar-refractivity contribution is 5.88. The number of hydrogen-bond acceptors (Lipinski definition) is 3. The highest BCUT2D eigenvalue weighted by atomic mass is 16.1. The average Bonchev–Trinajstić information content (AvgIpc) is 2.09. The first-order valence-corrected chi connectivity index (χ1v) is 4.77. The van der Waals surface area contributed by atoms with E-state index in [1.165, 1.54) is 0 Å². The zero-order chi connectivity index (χ0) is 11.6. The van der Waals surface area contributed by atoms with Crippen LogP contribution in [-0.2, 0) is 4.79 Å². The average molecular weight is 207 g/mol. The highest BCUT2D eigenvalue weighted by Gasteiger charge is 2.24. The minimum atomic E-state index is -0.802. The van der Waals surface area contributed by atoms with Gasteiger partial charge in [0.2, 0.25) is 5.91 Å². The molecule has 4 heteroatoms. The Balaban J connectivity index is 2.95. The van der Waals surface area contributed by atoms with E-state index < -0.39 is 11.4 Å². The van der Waals surface area contributed by atoms with Gasteiger partial charge in [0.05, 0.1) is 11.4 Å². The number of rotatable bonds is 3. The molecule has 0 saturated heterocycles. The van der Waals surface area contributed by atoms with Gasteiger partial charge in [-0.3, -0.25) is 4.79 Å². The maximum Gasteiger partial charge on any atom is 0.242 e. The Morgan fingerprint density at radius 1 is 1.40 bits per heavy atom. The molecule has 0 spiro atoms. The summed E-state index contributed by atoms with van der Waals surface area (Å²) in [6.45, 7) is 5.39. The Morgan fingerprint density at radius 3 is 2.47 bits per heavy atom.